The molecule has 0 unspecified atom stereocenters. The number of aromatic hydroxyl groups is 1. The molecule has 0 saturated carbocycles. The minimum atomic E-state index is -0.668. The Kier molecular flexibility index (Phi) is 6.03. The fourth-order valence-corrected chi connectivity index (χ4v) is 7.06. The highest BCUT2D eigenvalue weighted by Gasteiger charge is 2.56. The van der Waals surface area contributed by atoms with Gasteiger partial charge in [-0.25, -0.2) is 0 Å². The molecule has 3 aliphatic carbocycles. The summed E-state index contributed by atoms with van der Waals surface area (Å²) in [6.45, 7) is 0. The van der Waals surface area contributed by atoms with Crippen molar-refractivity contribution in [2.24, 2.45) is 17.8 Å². The molecule has 192 valence electrons. The first-order chi connectivity index (χ1) is 18.2. The first-order valence-corrected chi connectivity index (χ1v) is 13.7. The average Bonchev–Trinajstić information content (AvgIpc) is 3.16. The Labute approximate surface area is 235 Å². The fraction of sp³-hybridized carbons (Fsp3) is 0.241. The number of hydrogen-bond acceptors (Lipinski definition) is 6. The SMILES string of the molecule is COc1cc(O)ccc1[C@H]1C2=CC[C@@H]3C(=O)N(c4ccc(Br)cc4)C(=O)[C@@H]3[C@@H]2CC2=C1C(=O)C=C(Br)C2=O. The maximum absolute atomic E-state index is 13.9. The molecule has 4 aliphatic rings. The highest BCUT2D eigenvalue weighted by molar-refractivity contribution is 9.12. The van der Waals surface area contributed by atoms with Gasteiger partial charge in [0.2, 0.25) is 11.8 Å². The Hall–Kier alpha value is -3.30. The van der Waals surface area contributed by atoms with E-state index in [4.69, 9.17) is 4.74 Å². The van der Waals surface area contributed by atoms with Crippen LogP contribution >= 0.6 is 31.9 Å². The van der Waals surface area contributed by atoms with Crippen molar-refractivity contribution in [2.45, 2.75) is 18.8 Å². The maximum Gasteiger partial charge on any atom is 0.238 e. The monoisotopic (exact) mass is 637 g/mol. The smallest absolute Gasteiger partial charge is 0.238 e. The molecule has 0 bridgehead atoms. The molecule has 0 aromatic heterocycles. The number of ether oxygens (including phenoxy) is 1. The number of methoxy groups -OCH3 is 1. The fourth-order valence-electron chi connectivity index (χ4n) is 6.34. The summed E-state index contributed by atoms with van der Waals surface area (Å²) in [5.41, 5.74) is 2.63. The number of allylic oxidation sites excluding steroid dienone is 6. The molecule has 1 aliphatic heterocycles. The second kappa shape index (κ2) is 9.17. The number of halogens is 2. The zero-order valence-electron chi connectivity index (χ0n) is 20.1. The van der Waals surface area contributed by atoms with Crippen LogP contribution < -0.4 is 9.64 Å². The zero-order valence-corrected chi connectivity index (χ0v) is 23.3. The number of phenolic OH excluding ortho intramolecular Hbond substituents is 1. The zero-order chi connectivity index (χ0) is 26.9. The number of imide groups is 1. The molecule has 4 atom stereocenters. The molecule has 1 fully saturated rings. The lowest BCUT2D eigenvalue weighted by atomic mass is 9.59. The van der Waals surface area contributed by atoms with E-state index >= 15 is 0 Å². The standard InChI is InChI=1S/C29H21Br2NO6/c1-38-23-10-15(33)6-7-17(23)24-16-8-9-18-25(19(16)11-20-26(24)22(34)12-21(31)27(20)35)29(37)32(28(18)36)14-4-2-13(30)3-5-14/h2-8,10,12,18-19,24-25,33H,9,11H2,1H3/t18-,19+,24+,25-/m0/s1. The summed E-state index contributed by atoms with van der Waals surface area (Å²) in [7, 11) is 1.47. The van der Waals surface area contributed by atoms with Gasteiger partial charge in [-0.3, -0.25) is 24.1 Å². The molecule has 9 heteroatoms. The average molecular weight is 639 g/mol. The highest BCUT2D eigenvalue weighted by atomic mass is 79.9. The molecule has 0 radical (unpaired) electrons. The van der Waals surface area contributed by atoms with Crippen LogP contribution in [-0.2, 0) is 19.2 Å². The van der Waals surface area contributed by atoms with Crippen LogP contribution in [0.3, 0.4) is 0 Å². The van der Waals surface area contributed by atoms with Gasteiger partial charge in [-0.05, 0) is 65.0 Å². The van der Waals surface area contributed by atoms with Crippen LogP contribution in [0.5, 0.6) is 11.5 Å². The summed E-state index contributed by atoms with van der Waals surface area (Å²) in [4.78, 5) is 55.4. The van der Waals surface area contributed by atoms with E-state index in [0.717, 1.165) is 10.0 Å². The van der Waals surface area contributed by atoms with Gasteiger partial charge in [0.25, 0.3) is 0 Å². The summed E-state index contributed by atoms with van der Waals surface area (Å²) in [6, 6.07) is 11.7. The number of fused-ring (bicyclic) bond motifs is 3. The number of carbonyl (C=O) groups is 4. The van der Waals surface area contributed by atoms with Crippen LogP contribution in [0.1, 0.15) is 24.3 Å². The second-order valence-corrected chi connectivity index (χ2v) is 11.6. The third kappa shape index (κ3) is 3.66. The number of amides is 2. The van der Waals surface area contributed by atoms with Crippen LogP contribution in [-0.4, -0.2) is 35.6 Å². The predicted molar refractivity (Wildman–Crippen MR) is 146 cm³/mol. The normalized spacial score (nSPS) is 26.6. The van der Waals surface area contributed by atoms with Crippen molar-refractivity contribution < 1.29 is 29.0 Å². The van der Waals surface area contributed by atoms with E-state index in [0.29, 0.717) is 34.6 Å². The number of nitrogens with zero attached hydrogens (tertiary/aromatic N) is 1. The van der Waals surface area contributed by atoms with Crippen LogP contribution in [0.2, 0.25) is 0 Å². The molecule has 2 aromatic rings. The lowest BCUT2D eigenvalue weighted by Gasteiger charge is -2.42. The van der Waals surface area contributed by atoms with Crippen molar-refractivity contribution in [3.05, 3.63) is 85.9 Å². The van der Waals surface area contributed by atoms with E-state index in [1.807, 2.05) is 6.08 Å². The maximum atomic E-state index is 13.9. The molecule has 1 heterocycles. The van der Waals surface area contributed by atoms with Crippen molar-refractivity contribution >= 4 is 60.9 Å². The highest BCUT2D eigenvalue weighted by Crippen LogP contribution is 2.56. The van der Waals surface area contributed by atoms with E-state index in [1.165, 1.54) is 30.2 Å². The quantitative estimate of drug-likeness (QED) is 0.284. The number of hydrogen-bond donors (Lipinski definition) is 1. The molecule has 0 spiro atoms. The Morgan fingerprint density at radius 2 is 1.71 bits per heavy atom. The van der Waals surface area contributed by atoms with Gasteiger partial charge in [-0.2, -0.15) is 0 Å². The van der Waals surface area contributed by atoms with E-state index in [1.54, 1.807) is 30.3 Å². The van der Waals surface area contributed by atoms with Crippen LogP contribution in [0, 0.1) is 17.8 Å². The van der Waals surface area contributed by atoms with Crippen LogP contribution in [0.25, 0.3) is 0 Å². The first kappa shape index (κ1) is 25.0. The van der Waals surface area contributed by atoms with Crippen molar-refractivity contribution in [3.63, 3.8) is 0 Å². The van der Waals surface area contributed by atoms with E-state index in [2.05, 4.69) is 31.9 Å². The van der Waals surface area contributed by atoms with E-state index in [-0.39, 0.29) is 40.0 Å². The number of carbonyl (C=O) groups excluding carboxylic acids is 4. The van der Waals surface area contributed by atoms with E-state index in [9.17, 15) is 24.3 Å². The lowest BCUT2D eigenvalue weighted by Crippen LogP contribution is -2.39. The van der Waals surface area contributed by atoms with Gasteiger partial charge < -0.3 is 9.84 Å². The van der Waals surface area contributed by atoms with Gasteiger partial charge in [0, 0.05) is 39.2 Å². The van der Waals surface area contributed by atoms with Gasteiger partial charge in [0.05, 0.1) is 29.1 Å². The van der Waals surface area contributed by atoms with Crippen molar-refractivity contribution in [1.82, 2.24) is 0 Å². The third-order valence-corrected chi connectivity index (χ3v) is 9.06. The second-order valence-electron chi connectivity index (χ2n) is 9.81. The summed E-state index contributed by atoms with van der Waals surface area (Å²) in [5.74, 6) is -3.13. The molecule has 7 nitrogen and oxygen atoms in total. The number of anilines is 1. The third-order valence-electron chi connectivity index (χ3n) is 7.94. The Morgan fingerprint density at radius 1 is 0.974 bits per heavy atom. The minimum Gasteiger partial charge on any atom is -0.508 e. The summed E-state index contributed by atoms with van der Waals surface area (Å²) in [6.07, 6.45) is 3.76. The summed E-state index contributed by atoms with van der Waals surface area (Å²) < 4.78 is 6.57. The summed E-state index contributed by atoms with van der Waals surface area (Å²) in [5, 5.41) is 10.1. The van der Waals surface area contributed by atoms with E-state index < -0.39 is 23.7 Å². The van der Waals surface area contributed by atoms with Gasteiger partial charge in [-0.15, -0.1) is 0 Å². The number of rotatable bonds is 3. The summed E-state index contributed by atoms with van der Waals surface area (Å²) >= 11 is 6.62. The Balaban J connectivity index is 1.51. The molecule has 6 rings (SSSR count). The molecule has 2 amide bonds. The van der Waals surface area contributed by atoms with Gasteiger partial charge in [0.15, 0.2) is 11.6 Å². The number of Topliss-reactive ketones (excluding diaryl/α,β-unsaturated/α-hetero) is 1. The molecular formula is C29H21Br2NO6. The topological polar surface area (TPSA) is 101 Å². The molecule has 2 aromatic carbocycles. The number of ketones is 2. The number of phenols is 1. The molecule has 1 N–H and O–H groups in total. The first-order valence-electron chi connectivity index (χ1n) is 12.1. The van der Waals surface area contributed by atoms with Gasteiger partial charge in [-0.1, -0.05) is 33.6 Å². The number of benzene rings is 2. The van der Waals surface area contributed by atoms with Gasteiger partial charge >= 0.3 is 0 Å². The molecular weight excluding hydrogens is 618 g/mol. The molecule has 1 saturated heterocycles. The van der Waals surface area contributed by atoms with Gasteiger partial charge in [0.1, 0.15) is 11.5 Å². The van der Waals surface area contributed by atoms with Crippen LogP contribution in [0.4, 0.5) is 5.69 Å². The molecule has 38 heavy (non-hydrogen) atoms. The van der Waals surface area contributed by atoms with Crippen LogP contribution in [0.15, 0.2) is 80.3 Å². The largest absolute Gasteiger partial charge is 0.508 e. The van der Waals surface area contributed by atoms with Crippen molar-refractivity contribution in [1.29, 1.82) is 0 Å². The minimum absolute atomic E-state index is 0.000227. The van der Waals surface area contributed by atoms with Crippen molar-refractivity contribution in [3.8, 4) is 11.5 Å². The predicted octanol–water partition coefficient (Wildman–Crippen LogP) is 5.13. The Morgan fingerprint density at radius 3 is 2.42 bits per heavy atom. The lowest BCUT2D eigenvalue weighted by molar-refractivity contribution is -0.123. The Bertz CT molecular complexity index is 1540. The van der Waals surface area contributed by atoms with Crippen molar-refractivity contribution in [2.75, 3.05) is 12.0 Å².